The molecule has 4 heterocycles. The van der Waals surface area contributed by atoms with Crippen molar-refractivity contribution < 1.29 is 5.11 Å². The average molecular weight is 254 g/mol. The number of aliphatic hydroxyl groups is 1. The summed E-state index contributed by atoms with van der Waals surface area (Å²) in [6.07, 6.45) is 4.21. The first-order chi connectivity index (χ1) is 9.31. The molecule has 1 aliphatic heterocycles. The van der Waals surface area contributed by atoms with Gasteiger partial charge in [0, 0.05) is 36.3 Å². The lowest BCUT2D eigenvalue weighted by Crippen LogP contribution is -2.22. The molecule has 0 bridgehead atoms. The molecular formula is C14H14N4O. The molecule has 3 aromatic rings. The van der Waals surface area contributed by atoms with Crippen LogP contribution < -0.4 is 4.90 Å². The summed E-state index contributed by atoms with van der Waals surface area (Å²) in [5.74, 6) is 0.920. The SMILES string of the molecule is O[C@@H]1CCN(c2ccc3c(n2)[nH]c2ccncc23)C1. The van der Waals surface area contributed by atoms with Crippen LogP contribution >= 0.6 is 0 Å². The topological polar surface area (TPSA) is 65.0 Å². The van der Waals surface area contributed by atoms with Crippen LogP contribution in [-0.2, 0) is 0 Å². The summed E-state index contributed by atoms with van der Waals surface area (Å²) in [6, 6.07) is 6.04. The largest absolute Gasteiger partial charge is 0.391 e. The quantitative estimate of drug-likeness (QED) is 0.693. The van der Waals surface area contributed by atoms with Gasteiger partial charge in [0.15, 0.2) is 0 Å². The molecule has 0 spiro atoms. The number of nitrogens with zero attached hydrogens (tertiary/aromatic N) is 3. The zero-order valence-corrected chi connectivity index (χ0v) is 10.4. The van der Waals surface area contributed by atoms with Crippen LogP contribution in [-0.4, -0.2) is 39.3 Å². The summed E-state index contributed by atoms with van der Waals surface area (Å²) >= 11 is 0. The number of aliphatic hydroxyl groups excluding tert-OH is 1. The minimum atomic E-state index is -0.232. The smallest absolute Gasteiger partial charge is 0.140 e. The van der Waals surface area contributed by atoms with Gasteiger partial charge in [0.25, 0.3) is 0 Å². The molecule has 1 fully saturated rings. The van der Waals surface area contributed by atoms with E-state index < -0.39 is 0 Å². The van der Waals surface area contributed by atoms with E-state index in [2.05, 4.69) is 25.9 Å². The van der Waals surface area contributed by atoms with Gasteiger partial charge in [-0.25, -0.2) is 4.98 Å². The van der Waals surface area contributed by atoms with E-state index in [1.807, 2.05) is 18.3 Å². The van der Waals surface area contributed by atoms with Gasteiger partial charge in [-0.15, -0.1) is 0 Å². The third-order valence-corrected chi connectivity index (χ3v) is 3.73. The molecule has 3 aromatic heterocycles. The lowest BCUT2D eigenvalue weighted by Gasteiger charge is -2.16. The second-order valence-electron chi connectivity index (χ2n) is 5.00. The van der Waals surface area contributed by atoms with Crippen molar-refractivity contribution in [1.82, 2.24) is 15.0 Å². The van der Waals surface area contributed by atoms with Crippen molar-refractivity contribution in [3.8, 4) is 0 Å². The molecular weight excluding hydrogens is 240 g/mol. The predicted molar refractivity (Wildman–Crippen MR) is 74.2 cm³/mol. The first kappa shape index (κ1) is 10.8. The number of rotatable bonds is 1. The molecule has 4 rings (SSSR count). The highest BCUT2D eigenvalue weighted by molar-refractivity contribution is 6.05. The fraction of sp³-hybridized carbons (Fsp3) is 0.286. The normalized spacial score (nSPS) is 19.6. The average Bonchev–Trinajstić information content (AvgIpc) is 3.01. The Kier molecular flexibility index (Phi) is 2.22. The van der Waals surface area contributed by atoms with E-state index in [-0.39, 0.29) is 6.10 Å². The van der Waals surface area contributed by atoms with Crippen LogP contribution in [0.25, 0.3) is 21.9 Å². The molecule has 5 nitrogen and oxygen atoms in total. The number of anilines is 1. The van der Waals surface area contributed by atoms with Crippen molar-refractivity contribution in [3.05, 3.63) is 30.6 Å². The number of fused-ring (bicyclic) bond motifs is 3. The third kappa shape index (κ3) is 1.66. The van der Waals surface area contributed by atoms with E-state index >= 15 is 0 Å². The zero-order chi connectivity index (χ0) is 12.8. The molecule has 1 aliphatic rings. The van der Waals surface area contributed by atoms with Crippen LogP contribution in [0.5, 0.6) is 0 Å². The third-order valence-electron chi connectivity index (χ3n) is 3.73. The number of H-pyrrole nitrogens is 1. The molecule has 1 atom stereocenters. The van der Waals surface area contributed by atoms with Gasteiger partial charge in [-0.1, -0.05) is 0 Å². The Morgan fingerprint density at radius 2 is 2.21 bits per heavy atom. The number of hydrogen-bond acceptors (Lipinski definition) is 4. The predicted octanol–water partition coefficient (Wildman–Crippen LogP) is 1.68. The minimum Gasteiger partial charge on any atom is -0.391 e. The van der Waals surface area contributed by atoms with Gasteiger partial charge in [0.05, 0.1) is 11.6 Å². The summed E-state index contributed by atoms with van der Waals surface area (Å²) in [5.41, 5.74) is 1.93. The summed E-state index contributed by atoms with van der Waals surface area (Å²) in [6.45, 7) is 1.53. The molecule has 0 saturated carbocycles. The maximum absolute atomic E-state index is 9.60. The van der Waals surface area contributed by atoms with Gasteiger partial charge in [0.2, 0.25) is 0 Å². The van der Waals surface area contributed by atoms with E-state index in [0.717, 1.165) is 40.7 Å². The van der Waals surface area contributed by atoms with Crippen LogP contribution in [0.15, 0.2) is 30.6 Å². The highest BCUT2D eigenvalue weighted by atomic mass is 16.3. The number of hydrogen-bond donors (Lipinski definition) is 2. The lowest BCUT2D eigenvalue weighted by molar-refractivity contribution is 0.198. The van der Waals surface area contributed by atoms with Gasteiger partial charge < -0.3 is 15.0 Å². The Balaban J connectivity index is 1.85. The Morgan fingerprint density at radius 1 is 1.26 bits per heavy atom. The number of pyridine rings is 2. The monoisotopic (exact) mass is 254 g/mol. The fourth-order valence-corrected chi connectivity index (χ4v) is 2.73. The fourth-order valence-electron chi connectivity index (χ4n) is 2.73. The van der Waals surface area contributed by atoms with Crippen LogP contribution in [0, 0.1) is 0 Å². The van der Waals surface area contributed by atoms with E-state index in [1.165, 1.54) is 0 Å². The van der Waals surface area contributed by atoms with Gasteiger partial charge >= 0.3 is 0 Å². The molecule has 1 saturated heterocycles. The van der Waals surface area contributed by atoms with Gasteiger partial charge in [-0.05, 0) is 24.6 Å². The van der Waals surface area contributed by atoms with E-state index in [1.54, 1.807) is 6.20 Å². The number of aromatic amines is 1. The Bertz CT molecular complexity index is 751. The number of β-amino-alcohol motifs (C(OH)–C–C–N with tert-alkyl or cyclic N) is 1. The Morgan fingerprint density at radius 3 is 3.05 bits per heavy atom. The van der Waals surface area contributed by atoms with Crippen LogP contribution in [0.1, 0.15) is 6.42 Å². The van der Waals surface area contributed by atoms with Crippen LogP contribution in [0.4, 0.5) is 5.82 Å². The van der Waals surface area contributed by atoms with E-state index in [0.29, 0.717) is 6.54 Å². The van der Waals surface area contributed by atoms with Crippen LogP contribution in [0.3, 0.4) is 0 Å². The molecule has 0 unspecified atom stereocenters. The molecule has 19 heavy (non-hydrogen) atoms. The maximum atomic E-state index is 9.60. The van der Waals surface area contributed by atoms with Crippen molar-refractivity contribution in [1.29, 1.82) is 0 Å². The molecule has 0 radical (unpaired) electrons. The van der Waals surface area contributed by atoms with E-state index in [9.17, 15) is 5.11 Å². The van der Waals surface area contributed by atoms with Crippen molar-refractivity contribution >= 4 is 27.8 Å². The van der Waals surface area contributed by atoms with E-state index in [4.69, 9.17) is 0 Å². The van der Waals surface area contributed by atoms with Crippen molar-refractivity contribution in [2.75, 3.05) is 18.0 Å². The van der Waals surface area contributed by atoms with Crippen molar-refractivity contribution in [2.24, 2.45) is 0 Å². The molecule has 0 aromatic carbocycles. The second kappa shape index (κ2) is 3.93. The summed E-state index contributed by atoms with van der Waals surface area (Å²) < 4.78 is 0. The summed E-state index contributed by atoms with van der Waals surface area (Å²) in [4.78, 5) is 14.2. The maximum Gasteiger partial charge on any atom is 0.140 e. The highest BCUT2D eigenvalue weighted by Crippen LogP contribution is 2.26. The Labute approximate surface area is 109 Å². The summed E-state index contributed by atoms with van der Waals surface area (Å²) in [5, 5.41) is 11.8. The molecule has 96 valence electrons. The van der Waals surface area contributed by atoms with Gasteiger partial charge in [-0.2, -0.15) is 0 Å². The van der Waals surface area contributed by atoms with Crippen molar-refractivity contribution in [2.45, 2.75) is 12.5 Å². The second-order valence-corrected chi connectivity index (χ2v) is 5.00. The highest BCUT2D eigenvalue weighted by Gasteiger charge is 2.21. The molecule has 0 amide bonds. The van der Waals surface area contributed by atoms with Crippen molar-refractivity contribution in [3.63, 3.8) is 0 Å². The standard InChI is InChI=1S/C14H14N4O/c19-9-4-6-18(8-9)13-2-1-10-11-7-15-5-3-12(11)16-14(10)17-13/h1-3,5,7,9,19H,4,6,8H2,(H,16,17)/t9-/m1/s1. The van der Waals surface area contributed by atoms with Crippen LogP contribution in [0.2, 0.25) is 0 Å². The number of aromatic nitrogens is 3. The zero-order valence-electron chi connectivity index (χ0n) is 10.4. The Hall–Kier alpha value is -2.14. The minimum absolute atomic E-state index is 0.232. The first-order valence-electron chi connectivity index (χ1n) is 6.47. The van der Waals surface area contributed by atoms with Gasteiger partial charge in [-0.3, -0.25) is 4.98 Å². The molecule has 2 N–H and O–H groups in total. The summed E-state index contributed by atoms with van der Waals surface area (Å²) in [7, 11) is 0. The molecule has 0 aliphatic carbocycles. The molecule has 5 heteroatoms. The lowest BCUT2D eigenvalue weighted by atomic mass is 10.2. The van der Waals surface area contributed by atoms with Gasteiger partial charge in [0.1, 0.15) is 11.5 Å². The number of nitrogens with one attached hydrogen (secondary N) is 1. The first-order valence-corrected chi connectivity index (χ1v) is 6.47.